The Kier molecular flexibility index (Phi) is 6.41. The minimum atomic E-state index is -1.11. The van der Waals surface area contributed by atoms with Crippen LogP contribution in [0.3, 0.4) is 0 Å². The van der Waals surface area contributed by atoms with Crippen molar-refractivity contribution in [2.75, 3.05) is 11.4 Å². The summed E-state index contributed by atoms with van der Waals surface area (Å²) in [4.78, 5) is 35.2. The van der Waals surface area contributed by atoms with Crippen molar-refractivity contribution in [2.24, 2.45) is 0 Å². The van der Waals surface area contributed by atoms with E-state index in [1.54, 1.807) is 30.3 Å². The van der Waals surface area contributed by atoms with Gasteiger partial charge in [0.05, 0.1) is 18.9 Å². The first-order valence-electron chi connectivity index (χ1n) is 6.29. The molecule has 1 aromatic carbocycles. The van der Waals surface area contributed by atoms with Crippen molar-refractivity contribution in [2.45, 2.75) is 19.3 Å². The molecule has 2 N–H and O–H groups in total. The van der Waals surface area contributed by atoms with Gasteiger partial charge in [-0.1, -0.05) is 18.2 Å². The summed E-state index contributed by atoms with van der Waals surface area (Å²) in [5, 5.41) is 19.2. The quantitative estimate of drug-likeness (QED) is 0.824. The van der Waals surface area contributed by atoms with Crippen LogP contribution in [-0.2, 0) is 9.59 Å². The van der Waals surface area contributed by atoms with Crippen molar-refractivity contribution in [1.82, 2.24) is 5.32 Å². The second-order valence-corrected chi connectivity index (χ2v) is 4.14. The second kappa shape index (κ2) is 8.32. The minimum Gasteiger partial charge on any atom is -0.481 e. The number of nitrogens with one attached hydrogen (secondary N) is 1. The van der Waals surface area contributed by atoms with Gasteiger partial charge >= 0.3 is 12.0 Å². The average molecular weight is 289 g/mol. The molecule has 0 atom stereocenters. The number of nitrogens with zero attached hydrogens (tertiary/aromatic N) is 2. The highest BCUT2D eigenvalue weighted by atomic mass is 16.4. The molecular weight excluding hydrogens is 274 g/mol. The number of imide groups is 1. The van der Waals surface area contributed by atoms with Gasteiger partial charge < -0.3 is 5.11 Å². The fourth-order valence-electron chi connectivity index (χ4n) is 1.59. The lowest BCUT2D eigenvalue weighted by atomic mass is 10.2. The van der Waals surface area contributed by atoms with Gasteiger partial charge in [0.15, 0.2) is 0 Å². The van der Waals surface area contributed by atoms with Crippen LogP contribution in [0.1, 0.15) is 19.3 Å². The third-order valence-electron chi connectivity index (χ3n) is 2.57. The number of amides is 3. The van der Waals surface area contributed by atoms with Crippen LogP contribution >= 0.6 is 0 Å². The Bertz CT molecular complexity index is 551. The molecule has 7 nitrogen and oxygen atoms in total. The zero-order valence-corrected chi connectivity index (χ0v) is 11.3. The van der Waals surface area contributed by atoms with Crippen molar-refractivity contribution in [3.8, 4) is 6.07 Å². The topological polar surface area (TPSA) is 111 Å². The lowest BCUT2D eigenvalue weighted by molar-refractivity contribution is -0.138. The van der Waals surface area contributed by atoms with Crippen LogP contribution in [-0.4, -0.2) is 29.6 Å². The molecule has 0 bridgehead atoms. The van der Waals surface area contributed by atoms with Crippen molar-refractivity contribution in [3.63, 3.8) is 0 Å². The highest BCUT2D eigenvalue weighted by molar-refractivity contribution is 6.03. The zero-order chi connectivity index (χ0) is 15.7. The van der Waals surface area contributed by atoms with E-state index >= 15 is 0 Å². The summed E-state index contributed by atoms with van der Waals surface area (Å²) < 4.78 is 0. The predicted molar refractivity (Wildman–Crippen MR) is 74.4 cm³/mol. The minimum absolute atomic E-state index is 0.117. The molecule has 0 saturated heterocycles. The van der Waals surface area contributed by atoms with Crippen LogP contribution in [0.2, 0.25) is 0 Å². The lowest BCUT2D eigenvalue weighted by Crippen LogP contribution is -2.43. The van der Waals surface area contributed by atoms with E-state index in [1.165, 1.54) is 4.90 Å². The van der Waals surface area contributed by atoms with Gasteiger partial charge in [-0.05, 0) is 12.1 Å². The SMILES string of the molecule is N#CCCN(C(=O)NC(=O)CCC(=O)O)c1ccccc1. The first-order valence-corrected chi connectivity index (χ1v) is 6.29. The summed E-state index contributed by atoms with van der Waals surface area (Å²) in [5.41, 5.74) is 0.552. The van der Waals surface area contributed by atoms with E-state index in [4.69, 9.17) is 10.4 Å². The van der Waals surface area contributed by atoms with Crippen molar-refractivity contribution >= 4 is 23.6 Å². The molecule has 1 rings (SSSR count). The van der Waals surface area contributed by atoms with Gasteiger partial charge in [0.2, 0.25) is 5.91 Å². The normalized spacial score (nSPS) is 9.48. The number of urea groups is 1. The summed E-state index contributed by atoms with van der Waals surface area (Å²) >= 11 is 0. The monoisotopic (exact) mass is 289 g/mol. The maximum absolute atomic E-state index is 12.0. The molecule has 0 aliphatic rings. The van der Waals surface area contributed by atoms with Crippen molar-refractivity contribution in [3.05, 3.63) is 30.3 Å². The van der Waals surface area contributed by atoms with E-state index in [2.05, 4.69) is 5.32 Å². The number of aliphatic carboxylic acids is 1. The number of carbonyl (C=O) groups excluding carboxylic acids is 2. The summed E-state index contributed by atoms with van der Waals surface area (Å²) in [6.45, 7) is 0.137. The Morgan fingerprint density at radius 2 is 1.86 bits per heavy atom. The molecule has 1 aromatic rings. The maximum Gasteiger partial charge on any atom is 0.328 e. The van der Waals surface area contributed by atoms with Gasteiger partial charge in [-0.2, -0.15) is 5.26 Å². The summed E-state index contributed by atoms with van der Waals surface area (Å²) in [7, 11) is 0. The number of carbonyl (C=O) groups is 3. The molecule has 0 aromatic heterocycles. The first kappa shape index (κ1) is 16.2. The van der Waals surface area contributed by atoms with Gasteiger partial charge in [0.1, 0.15) is 0 Å². The smallest absolute Gasteiger partial charge is 0.328 e. The van der Waals surface area contributed by atoms with E-state index in [9.17, 15) is 14.4 Å². The summed E-state index contributed by atoms with van der Waals surface area (Å²) in [5.74, 6) is -1.78. The third kappa shape index (κ3) is 5.74. The highest BCUT2D eigenvalue weighted by Crippen LogP contribution is 2.13. The molecule has 3 amide bonds. The summed E-state index contributed by atoms with van der Waals surface area (Å²) in [6.07, 6.45) is -0.504. The Balaban J connectivity index is 2.70. The highest BCUT2D eigenvalue weighted by Gasteiger charge is 2.18. The molecule has 7 heteroatoms. The number of rotatable bonds is 6. The van der Waals surface area contributed by atoms with Crippen LogP contribution in [0, 0.1) is 11.3 Å². The van der Waals surface area contributed by atoms with Crippen LogP contribution < -0.4 is 10.2 Å². The van der Waals surface area contributed by atoms with Gasteiger partial charge in [0, 0.05) is 18.7 Å². The molecule has 0 aliphatic heterocycles. The standard InChI is InChI=1S/C14H15N3O4/c15-9-4-10-17(11-5-2-1-3-6-11)14(21)16-12(18)7-8-13(19)20/h1-3,5-6H,4,7-8,10H2,(H,19,20)(H,16,18,21). The van der Waals surface area contributed by atoms with Crippen LogP contribution in [0.4, 0.5) is 10.5 Å². The van der Waals surface area contributed by atoms with E-state index in [1.807, 2.05) is 6.07 Å². The number of nitriles is 1. The van der Waals surface area contributed by atoms with Gasteiger partial charge in [-0.15, -0.1) is 0 Å². The summed E-state index contributed by atoms with van der Waals surface area (Å²) in [6, 6.07) is 9.86. The predicted octanol–water partition coefficient (Wildman–Crippen LogP) is 1.51. The van der Waals surface area contributed by atoms with E-state index in [0.29, 0.717) is 5.69 Å². The lowest BCUT2D eigenvalue weighted by Gasteiger charge is -2.21. The number of benzene rings is 1. The molecule has 21 heavy (non-hydrogen) atoms. The van der Waals surface area contributed by atoms with Crippen molar-refractivity contribution in [1.29, 1.82) is 5.26 Å². The zero-order valence-electron chi connectivity index (χ0n) is 11.3. The first-order chi connectivity index (χ1) is 10.0. The number of hydrogen-bond acceptors (Lipinski definition) is 4. The third-order valence-corrected chi connectivity index (χ3v) is 2.57. The Labute approximate surface area is 121 Å². The van der Waals surface area contributed by atoms with Gasteiger partial charge in [0.25, 0.3) is 0 Å². The Hall–Kier alpha value is -2.88. The fraction of sp³-hybridized carbons (Fsp3) is 0.286. The molecule has 0 unspecified atom stereocenters. The number of anilines is 1. The number of hydrogen-bond donors (Lipinski definition) is 2. The van der Waals surface area contributed by atoms with Gasteiger partial charge in [-0.3, -0.25) is 19.8 Å². The largest absolute Gasteiger partial charge is 0.481 e. The average Bonchev–Trinajstić information content (AvgIpc) is 2.46. The van der Waals surface area contributed by atoms with E-state index in [-0.39, 0.29) is 25.8 Å². The molecular formula is C14H15N3O4. The molecule has 0 saturated carbocycles. The maximum atomic E-state index is 12.0. The number of para-hydroxylation sites is 1. The number of carboxylic acid groups (broad SMARTS) is 1. The second-order valence-electron chi connectivity index (χ2n) is 4.14. The Morgan fingerprint density at radius 3 is 2.43 bits per heavy atom. The fourth-order valence-corrected chi connectivity index (χ4v) is 1.59. The van der Waals surface area contributed by atoms with Gasteiger partial charge in [-0.25, -0.2) is 4.79 Å². The molecule has 0 fully saturated rings. The van der Waals surface area contributed by atoms with Crippen LogP contribution in [0.5, 0.6) is 0 Å². The van der Waals surface area contributed by atoms with Crippen molar-refractivity contribution < 1.29 is 19.5 Å². The molecule has 0 aliphatic carbocycles. The van der Waals surface area contributed by atoms with Crippen LogP contribution in [0.15, 0.2) is 30.3 Å². The molecule has 0 radical (unpaired) electrons. The Morgan fingerprint density at radius 1 is 1.19 bits per heavy atom. The molecule has 110 valence electrons. The van der Waals surface area contributed by atoms with E-state index < -0.39 is 17.9 Å². The molecule has 0 heterocycles. The molecule has 0 spiro atoms. The van der Waals surface area contributed by atoms with E-state index in [0.717, 1.165) is 0 Å². The number of carboxylic acids is 1. The van der Waals surface area contributed by atoms with Crippen LogP contribution in [0.25, 0.3) is 0 Å².